The molecule has 17 heavy (non-hydrogen) atoms. The van der Waals surface area contributed by atoms with Crippen molar-refractivity contribution < 1.29 is 0 Å². The first-order valence-electron chi connectivity index (χ1n) is 5.99. The molecule has 5 heteroatoms. The number of thiazole rings is 1. The number of halogens is 1. The summed E-state index contributed by atoms with van der Waals surface area (Å²) in [4.78, 5) is 8.30. The van der Waals surface area contributed by atoms with Crippen LogP contribution in [0, 0.1) is 5.92 Å². The minimum atomic E-state index is 0.662. The zero-order valence-electron chi connectivity index (χ0n) is 9.84. The van der Waals surface area contributed by atoms with Crippen molar-refractivity contribution in [2.24, 2.45) is 5.92 Å². The second-order valence-electron chi connectivity index (χ2n) is 4.78. The summed E-state index contributed by atoms with van der Waals surface area (Å²) in [6.07, 6.45) is 5.53. The number of aromatic nitrogens is 2. The van der Waals surface area contributed by atoms with Gasteiger partial charge in [0.05, 0.1) is 5.69 Å². The van der Waals surface area contributed by atoms with E-state index in [1.165, 1.54) is 18.7 Å². The van der Waals surface area contributed by atoms with Crippen LogP contribution in [-0.2, 0) is 6.54 Å². The van der Waals surface area contributed by atoms with Gasteiger partial charge >= 0.3 is 0 Å². The number of alkyl halides is 1. The van der Waals surface area contributed by atoms with Crippen molar-refractivity contribution in [1.82, 2.24) is 14.3 Å². The summed E-state index contributed by atoms with van der Waals surface area (Å²) in [5.74, 6) is 0.790. The smallest absolute Gasteiger partial charge is 0.193 e. The van der Waals surface area contributed by atoms with Crippen molar-refractivity contribution in [3.8, 4) is 0 Å². The number of fused-ring (bicyclic) bond motifs is 1. The Balaban J connectivity index is 1.76. The van der Waals surface area contributed by atoms with Gasteiger partial charge in [-0.25, -0.2) is 4.98 Å². The minimum Gasteiger partial charge on any atom is -0.297 e. The molecule has 3 rings (SSSR count). The summed E-state index contributed by atoms with van der Waals surface area (Å²) in [5, 5.41) is 3.14. The fourth-order valence-corrected chi connectivity index (χ4v) is 4.36. The zero-order valence-corrected chi connectivity index (χ0v) is 12.2. The number of hydrogen-bond acceptors (Lipinski definition) is 3. The third-order valence-electron chi connectivity index (χ3n) is 3.66. The van der Waals surface area contributed by atoms with Crippen LogP contribution >= 0.6 is 27.3 Å². The van der Waals surface area contributed by atoms with Gasteiger partial charge in [-0.1, -0.05) is 22.9 Å². The van der Waals surface area contributed by atoms with Gasteiger partial charge in [0, 0.05) is 35.7 Å². The molecule has 92 valence electrons. The Labute approximate surface area is 114 Å². The molecule has 2 unspecified atom stereocenters. The summed E-state index contributed by atoms with van der Waals surface area (Å²) >= 11 is 5.33. The molecule has 0 saturated carbocycles. The highest BCUT2D eigenvalue weighted by Crippen LogP contribution is 2.27. The maximum atomic E-state index is 4.65. The Morgan fingerprint density at radius 1 is 1.59 bits per heavy atom. The lowest BCUT2D eigenvalue weighted by atomic mass is 10.1. The first kappa shape index (κ1) is 11.7. The van der Waals surface area contributed by atoms with Crippen LogP contribution < -0.4 is 0 Å². The van der Waals surface area contributed by atoms with Gasteiger partial charge < -0.3 is 0 Å². The van der Waals surface area contributed by atoms with Gasteiger partial charge in [-0.05, 0) is 18.9 Å². The fourth-order valence-electron chi connectivity index (χ4n) is 2.59. The summed E-state index contributed by atoms with van der Waals surface area (Å²) in [7, 11) is 0. The van der Waals surface area contributed by atoms with Crippen molar-refractivity contribution in [2.45, 2.75) is 25.9 Å². The molecule has 0 spiro atoms. The Morgan fingerprint density at radius 3 is 3.24 bits per heavy atom. The van der Waals surface area contributed by atoms with Gasteiger partial charge in [0.2, 0.25) is 0 Å². The van der Waals surface area contributed by atoms with Gasteiger partial charge in [0.1, 0.15) is 0 Å². The molecule has 1 aliphatic heterocycles. The first-order chi connectivity index (χ1) is 8.28. The van der Waals surface area contributed by atoms with Crippen LogP contribution in [0.4, 0.5) is 0 Å². The highest BCUT2D eigenvalue weighted by molar-refractivity contribution is 9.09. The number of imidazole rings is 1. The maximum absolute atomic E-state index is 4.65. The van der Waals surface area contributed by atoms with Gasteiger partial charge in [-0.15, -0.1) is 11.3 Å². The third kappa shape index (κ3) is 2.16. The van der Waals surface area contributed by atoms with Crippen molar-refractivity contribution >= 4 is 32.2 Å². The standard InChI is InChI=1S/C12H16BrN3S/c1-9-2-3-15(11(9)6-13)7-10-8-16-4-5-17-12(16)14-10/h4-5,8-9,11H,2-3,6-7H2,1H3. The van der Waals surface area contributed by atoms with E-state index in [0.29, 0.717) is 6.04 Å². The van der Waals surface area contributed by atoms with Crippen LogP contribution in [0.2, 0.25) is 0 Å². The lowest BCUT2D eigenvalue weighted by molar-refractivity contribution is 0.242. The molecule has 3 nitrogen and oxygen atoms in total. The molecule has 0 amide bonds. The summed E-state index contributed by atoms with van der Waals surface area (Å²) in [6.45, 7) is 4.52. The molecule has 2 atom stereocenters. The van der Waals surface area contributed by atoms with Crippen LogP contribution in [0.1, 0.15) is 19.0 Å². The summed E-state index contributed by atoms with van der Waals surface area (Å²) < 4.78 is 2.11. The molecule has 1 aliphatic rings. The van der Waals surface area contributed by atoms with E-state index in [4.69, 9.17) is 0 Å². The molecule has 0 aliphatic carbocycles. The summed E-state index contributed by atoms with van der Waals surface area (Å²) in [5.41, 5.74) is 1.19. The number of rotatable bonds is 3. The van der Waals surface area contributed by atoms with E-state index < -0.39 is 0 Å². The normalized spacial score (nSPS) is 26.0. The molecule has 1 saturated heterocycles. The van der Waals surface area contributed by atoms with Crippen LogP contribution in [0.15, 0.2) is 17.8 Å². The van der Waals surface area contributed by atoms with E-state index in [0.717, 1.165) is 22.8 Å². The van der Waals surface area contributed by atoms with Gasteiger partial charge in [0.15, 0.2) is 4.96 Å². The molecular weight excluding hydrogens is 298 g/mol. The number of nitrogens with zero attached hydrogens (tertiary/aromatic N) is 3. The van der Waals surface area contributed by atoms with Gasteiger partial charge in [-0.2, -0.15) is 0 Å². The largest absolute Gasteiger partial charge is 0.297 e. The van der Waals surface area contributed by atoms with E-state index in [1.807, 2.05) is 0 Å². The second-order valence-corrected chi connectivity index (χ2v) is 6.30. The maximum Gasteiger partial charge on any atom is 0.193 e. The van der Waals surface area contributed by atoms with E-state index in [1.54, 1.807) is 11.3 Å². The van der Waals surface area contributed by atoms with E-state index in [-0.39, 0.29) is 0 Å². The molecule has 2 aromatic rings. The number of hydrogen-bond donors (Lipinski definition) is 0. The van der Waals surface area contributed by atoms with Crippen LogP contribution in [-0.4, -0.2) is 32.2 Å². The van der Waals surface area contributed by atoms with Crippen LogP contribution in [0.3, 0.4) is 0 Å². The lowest BCUT2D eigenvalue weighted by Crippen LogP contribution is -2.33. The van der Waals surface area contributed by atoms with Crippen molar-refractivity contribution in [3.63, 3.8) is 0 Å². The zero-order chi connectivity index (χ0) is 11.8. The highest BCUT2D eigenvalue weighted by atomic mass is 79.9. The molecule has 0 aromatic carbocycles. The van der Waals surface area contributed by atoms with E-state index >= 15 is 0 Å². The molecule has 0 N–H and O–H groups in total. The predicted octanol–water partition coefficient (Wildman–Crippen LogP) is 3.00. The number of likely N-dealkylation sites (tertiary alicyclic amines) is 1. The van der Waals surface area contributed by atoms with Crippen LogP contribution in [0.5, 0.6) is 0 Å². The first-order valence-corrected chi connectivity index (χ1v) is 7.99. The van der Waals surface area contributed by atoms with Crippen molar-refractivity contribution in [2.75, 3.05) is 11.9 Å². The topological polar surface area (TPSA) is 20.5 Å². The van der Waals surface area contributed by atoms with Crippen molar-refractivity contribution in [1.29, 1.82) is 0 Å². The summed E-state index contributed by atoms with van der Waals surface area (Å²) in [6, 6.07) is 0.662. The Bertz CT molecular complexity index is 478. The Kier molecular flexibility index (Phi) is 3.23. The molecule has 0 radical (unpaired) electrons. The van der Waals surface area contributed by atoms with E-state index in [2.05, 4.69) is 54.9 Å². The SMILES string of the molecule is CC1CCN(Cc2cn3ccsc3n2)C1CBr. The second kappa shape index (κ2) is 4.71. The van der Waals surface area contributed by atoms with Crippen LogP contribution in [0.25, 0.3) is 4.96 Å². The monoisotopic (exact) mass is 313 g/mol. The average molecular weight is 314 g/mol. The average Bonchev–Trinajstić information content (AvgIpc) is 2.94. The molecule has 1 fully saturated rings. The Morgan fingerprint density at radius 2 is 2.47 bits per heavy atom. The van der Waals surface area contributed by atoms with Gasteiger partial charge in [0.25, 0.3) is 0 Å². The molecule has 3 heterocycles. The van der Waals surface area contributed by atoms with Gasteiger partial charge in [-0.3, -0.25) is 9.30 Å². The molecular formula is C12H16BrN3S. The van der Waals surface area contributed by atoms with E-state index in [9.17, 15) is 0 Å². The Hall–Kier alpha value is -0.390. The van der Waals surface area contributed by atoms with Crippen molar-refractivity contribution in [3.05, 3.63) is 23.5 Å². The fraction of sp³-hybridized carbons (Fsp3) is 0.583. The quantitative estimate of drug-likeness (QED) is 0.812. The minimum absolute atomic E-state index is 0.662. The third-order valence-corrected chi connectivity index (χ3v) is 5.10. The molecule has 0 bridgehead atoms. The predicted molar refractivity (Wildman–Crippen MR) is 74.8 cm³/mol. The molecule has 2 aromatic heterocycles. The highest BCUT2D eigenvalue weighted by Gasteiger charge is 2.30. The lowest BCUT2D eigenvalue weighted by Gasteiger charge is -2.23.